The van der Waals surface area contributed by atoms with E-state index in [2.05, 4.69) is 4.72 Å². The predicted molar refractivity (Wildman–Crippen MR) is 103 cm³/mol. The van der Waals surface area contributed by atoms with Crippen molar-refractivity contribution in [2.45, 2.75) is 44.6 Å². The van der Waals surface area contributed by atoms with Crippen LogP contribution in [-0.4, -0.2) is 20.9 Å². The highest BCUT2D eigenvalue weighted by Crippen LogP contribution is 2.28. The summed E-state index contributed by atoms with van der Waals surface area (Å²) < 4.78 is 28.2. The molecule has 138 valence electrons. The van der Waals surface area contributed by atoms with Crippen molar-refractivity contribution in [1.29, 1.82) is 0 Å². The number of anilines is 1. The van der Waals surface area contributed by atoms with Crippen LogP contribution < -0.4 is 9.62 Å². The smallest absolute Gasteiger partial charge is 0.241 e. The van der Waals surface area contributed by atoms with Gasteiger partial charge in [0.15, 0.2) is 0 Å². The number of amides is 1. The molecule has 1 unspecified atom stereocenters. The Balaban J connectivity index is 1.82. The Bertz CT molecular complexity index is 921. The first kappa shape index (κ1) is 18.6. The minimum Gasteiger partial charge on any atom is -0.312 e. The Morgan fingerprint density at radius 1 is 1.08 bits per heavy atom. The Kier molecular flexibility index (Phi) is 5.16. The molecule has 3 rings (SSSR count). The topological polar surface area (TPSA) is 66.5 Å². The fourth-order valence-corrected chi connectivity index (χ4v) is 4.54. The highest BCUT2D eigenvalue weighted by molar-refractivity contribution is 7.89. The first-order chi connectivity index (χ1) is 12.3. The maximum absolute atomic E-state index is 12.7. The van der Waals surface area contributed by atoms with Gasteiger partial charge in [-0.1, -0.05) is 29.8 Å². The molecule has 0 aromatic heterocycles. The summed E-state index contributed by atoms with van der Waals surface area (Å²) in [6, 6.07) is 12.4. The van der Waals surface area contributed by atoms with Crippen molar-refractivity contribution in [2.24, 2.45) is 0 Å². The van der Waals surface area contributed by atoms with Crippen molar-refractivity contribution in [3.63, 3.8) is 0 Å². The van der Waals surface area contributed by atoms with Gasteiger partial charge in [0.05, 0.1) is 4.90 Å². The van der Waals surface area contributed by atoms with Crippen molar-refractivity contribution in [1.82, 2.24) is 4.72 Å². The van der Waals surface area contributed by atoms with Crippen LogP contribution >= 0.6 is 0 Å². The van der Waals surface area contributed by atoms with E-state index in [1.54, 1.807) is 23.1 Å². The van der Waals surface area contributed by atoms with Gasteiger partial charge < -0.3 is 4.90 Å². The van der Waals surface area contributed by atoms with Crippen molar-refractivity contribution in [2.75, 3.05) is 11.4 Å². The average Bonchev–Trinajstić information content (AvgIpc) is 3.00. The minimum absolute atomic E-state index is 0.0924. The van der Waals surface area contributed by atoms with Crippen LogP contribution in [0.4, 0.5) is 5.69 Å². The van der Waals surface area contributed by atoms with Crippen molar-refractivity contribution < 1.29 is 13.2 Å². The van der Waals surface area contributed by atoms with Gasteiger partial charge in [-0.3, -0.25) is 4.79 Å². The van der Waals surface area contributed by atoms with Gasteiger partial charge in [-0.05, 0) is 56.5 Å². The summed E-state index contributed by atoms with van der Waals surface area (Å²) in [7, 11) is -3.65. The van der Waals surface area contributed by atoms with Crippen LogP contribution in [0.25, 0.3) is 0 Å². The second kappa shape index (κ2) is 7.21. The molecule has 0 radical (unpaired) electrons. The number of sulfonamides is 1. The highest BCUT2D eigenvalue weighted by Gasteiger charge is 2.25. The maximum atomic E-state index is 12.7. The number of rotatable bonds is 5. The number of hydrogen-bond acceptors (Lipinski definition) is 3. The van der Waals surface area contributed by atoms with Gasteiger partial charge in [0.25, 0.3) is 0 Å². The fraction of sp³-hybridized carbons (Fsp3) is 0.350. The Hall–Kier alpha value is -2.18. The molecule has 26 heavy (non-hydrogen) atoms. The molecule has 1 fully saturated rings. The standard InChI is InChI=1S/C20H24N2O3S/c1-14-6-8-17(9-7-14)16(3)21-26(24,25)18-10-11-19(15(2)13-18)22-12-4-5-20(22)23/h6-11,13,16,21H,4-5,12H2,1-3H3. The molecular formula is C20H24N2O3S. The molecule has 5 nitrogen and oxygen atoms in total. The molecule has 0 bridgehead atoms. The lowest BCUT2D eigenvalue weighted by Gasteiger charge is -2.20. The third-order valence-electron chi connectivity index (χ3n) is 4.75. The summed E-state index contributed by atoms with van der Waals surface area (Å²) >= 11 is 0. The zero-order valence-electron chi connectivity index (χ0n) is 15.3. The number of benzene rings is 2. The van der Waals surface area contributed by atoms with Gasteiger partial charge in [0.2, 0.25) is 15.9 Å². The van der Waals surface area contributed by atoms with E-state index >= 15 is 0 Å². The molecule has 2 aromatic carbocycles. The lowest BCUT2D eigenvalue weighted by atomic mass is 10.1. The van der Waals surface area contributed by atoms with Crippen molar-refractivity contribution in [3.05, 3.63) is 59.2 Å². The molecule has 0 spiro atoms. The lowest BCUT2D eigenvalue weighted by Crippen LogP contribution is -2.28. The van der Waals surface area contributed by atoms with Crippen LogP contribution in [0.2, 0.25) is 0 Å². The second-order valence-electron chi connectivity index (χ2n) is 6.85. The summed E-state index contributed by atoms with van der Waals surface area (Å²) in [4.78, 5) is 13.9. The van der Waals surface area contributed by atoms with E-state index in [9.17, 15) is 13.2 Å². The van der Waals surface area contributed by atoms with Gasteiger partial charge in [0, 0.05) is 24.7 Å². The van der Waals surface area contributed by atoms with E-state index in [0.717, 1.165) is 28.8 Å². The number of hydrogen-bond donors (Lipinski definition) is 1. The van der Waals surface area contributed by atoms with Crippen LogP contribution in [0.15, 0.2) is 47.4 Å². The van der Waals surface area contributed by atoms with Gasteiger partial charge in [-0.2, -0.15) is 0 Å². The van der Waals surface area contributed by atoms with E-state index in [4.69, 9.17) is 0 Å². The summed E-state index contributed by atoms with van der Waals surface area (Å²) in [6.45, 7) is 6.35. The molecule has 0 saturated carbocycles. The number of aryl methyl sites for hydroxylation is 2. The third-order valence-corrected chi connectivity index (χ3v) is 6.29. The molecule has 1 amide bonds. The Labute approximate surface area is 155 Å². The van der Waals surface area contributed by atoms with E-state index in [1.165, 1.54) is 0 Å². The number of nitrogens with zero attached hydrogens (tertiary/aromatic N) is 1. The molecule has 0 aliphatic carbocycles. The average molecular weight is 372 g/mol. The fourth-order valence-electron chi connectivity index (χ4n) is 3.22. The largest absolute Gasteiger partial charge is 0.312 e. The maximum Gasteiger partial charge on any atom is 0.241 e. The molecule has 1 saturated heterocycles. The minimum atomic E-state index is -3.65. The second-order valence-corrected chi connectivity index (χ2v) is 8.56. The Morgan fingerprint density at radius 2 is 1.77 bits per heavy atom. The molecule has 2 aromatic rings. The first-order valence-corrected chi connectivity index (χ1v) is 10.3. The number of carbonyl (C=O) groups excluding carboxylic acids is 1. The molecule has 6 heteroatoms. The monoisotopic (exact) mass is 372 g/mol. The van der Waals surface area contributed by atoms with E-state index in [0.29, 0.717) is 13.0 Å². The quantitative estimate of drug-likeness (QED) is 0.874. The van der Waals surface area contributed by atoms with E-state index < -0.39 is 10.0 Å². The normalized spacial score (nSPS) is 16.1. The number of carbonyl (C=O) groups is 1. The summed E-state index contributed by atoms with van der Waals surface area (Å²) in [6.07, 6.45) is 1.39. The summed E-state index contributed by atoms with van der Waals surface area (Å²) in [5.74, 6) is 0.0924. The van der Waals surface area contributed by atoms with Crippen LogP contribution in [0, 0.1) is 13.8 Å². The predicted octanol–water partition coefficient (Wildman–Crippen LogP) is 3.47. The zero-order chi connectivity index (χ0) is 18.9. The summed E-state index contributed by atoms with van der Waals surface area (Å²) in [5, 5.41) is 0. The number of nitrogens with one attached hydrogen (secondary N) is 1. The molecule has 1 aliphatic rings. The lowest BCUT2D eigenvalue weighted by molar-refractivity contribution is -0.117. The van der Waals surface area contributed by atoms with Crippen molar-refractivity contribution in [3.8, 4) is 0 Å². The van der Waals surface area contributed by atoms with Gasteiger partial charge >= 0.3 is 0 Å². The van der Waals surface area contributed by atoms with Crippen LogP contribution in [-0.2, 0) is 14.8 Å². The van der Waals surface area contributed by atoms with Gasteiger partial charge in [-0.25, -0.2) is 13.1 Å². The van der Waals surface area contributed by atoms with Crippen LogP contribution in [0.3, 0.4) is 0 Å². The zero-order valence-corrected chi connectivity index (χ0v) is 16.1. The van der Waals surface area contributed by atoms with E-state index in [1.807, 2.05) is 45.0 Å². The molecule has 1 aliphatic heterocycles. The Morgan fingerprint density at radius 3 is 2.35 bits per heavy atom. The van der Waals surface area contributed by atoms with Crippen LogP contribution in [0.1, 0.15) is 42.5 Å². The molecular weight excluding hydrogens is 348 g/mol. The summed E-state index contributed by atoms with van der Waals surface area (Å²) in [5.41, 5.74) is 3.62. The highest BCUT2D eigenvalue weighted by atomic mass is 32.2. The van der Waals surface area contributed by atoms with Crippen LogP contribution in [0.5, 0.6) is 0 Å². The van der Waals surface area contributed by atoms with Gasteiger partial charge in [0.1, 0.15) is 0 Å². The third kappa shape index (κ3) is 3.81. The van der Waals surface area contributed by atoms with Crippen molar-refractivity contribution >= 4 is 21.6 Å². The molecule has 1 heterocycles. The molecule has 1 atom stereocenters. The van der Waals surface area contributed by atoms with Gasteiger partial charge in [-0.15, -0.1) is 0 Å². The first-order valence-electron chi connectivity index (χ1n) is 8.78. The SMILES string of the molecule is Cc1ccc(C(C)NS(=O)(=O)c2ccc(N3CCCC3=O)c(C)c2)cc1. The van der Waals surface area contributed by atoms with E-state index in [-0.39, 0.29) is 16.8 Å². The molecule has 1 N–H and O–H groups in total.